The van der Waals surface area contributed by atoms with E-state index in [9.17, 15) is 0 Å². The van der Waals surface area contributed by atoms with Crippen LogP contribution in [0.5, 0.6) is 0 Å². The summed E-state index contributed by atoms with van der Waals surface area (Å²) < 4.78 is 0. The smallest absolute Gasteiger partial charge is 0.137 e. The Kier molecular flexibility index (Phi) is 2.50. The van der Waals surface area contributed by atoms with Crippen LogP contribution in [0.1, 0.15) is 42.0 Å². The zero-order valence-electron chi connectivity index (χ0n) is 10.5. The lowest BCUT2D eigenvalue weighted by Crippen LogP contribution is -2.10. The molecule has 0 aliphatic heterocycles. The minimum Gasteiger partial charge on any atom is -0.342 e. The van der Waals surface area contributed by atoms with Gasteiger partial charge in [0.05, 0.1) is 0 Å². The Bertz CT molecular complexity index is 536. The van der Waals surface area contributed by atoms with E-state index >= 15 is 0 Å². The molecule has 0 spiro atoms. The van der Waals surface area contributed by atoms with Gasteiger partial charge in [-0.2, -0.15) is 0 Å². The van der Waals surface area contributed by atoms with Crippen LogP contribution < -0.4 is 0 Å². The number of rotatable bonds is 2. The quantitative estimate of drug-likeness (QED) is 0.825. The molecule has 1 N–H and O–H groups in total. The van der Waals surface area contributed by atoms with Gasteiger partial charge >= 0.3 is 0 Å². The molecule has 17 heavy (non-hydrogen) atoms. The monoisotopic (exact) mass is 226 g/mol. The first kappa shape index (κ1) is 10.6. The molecule has 1 fully saturated rings. The largest absolute Gasteiger partial charge is 0.342 e. The van der Waals surface area contributed by atoms with E-state index in [2.05, 4.69) is 35.1 Å². The molecule has 1 saturated carbocycles. The summed E-state index contributed by atoms with van der Waals surface area (Å²) in [5.41, 5.74) is 5.23. The van der Waals surface area contributed by atoms with Crippen molar-refractivity contribution in [3.05, 3.63) is 41.2 Å². The molecule has 0 amide bonds. The zero-order chi connectivity index (χ0) is 11.8. The van der Waals surface area contributed by atoms with E-state index < -0.39 is 0 Å². The lowest BCUT2D eigenvalue weighted by atomic mass is 9.77. The second-order valence-corrected chi connectivity index (χ2v) is 5.13. The minimum absolute atomic E-state index is 0.746. The maximum Gasteiger partial charge on any atom is 0.137 e. The van der Waals surface area contributed by atoms with Crippen LogP contribution in [0, 0.1) is 13.8 Å². The van der Waals surface area contributed by atoms with Gasteiger partial charge in [-0.05, 0) is 38.2 Å². The SMILES string of the molecule is Cc1ccc(-c2ncc(C)[nH]2)c(C2CCC2)c1. The van der Waals surface area contributed by atoms with Crippen LogP contribution in [0.4, 0.5) is 0 Å². The van der Waals surface area contributed by atoms with Crippen molar-refractivity contribution in [1.82, 2.24) is 9.97 Å². The number of nitrogens with zero attached hydrogens (tertiary/aromatic N) is 1. The standard InChI is InChI=1S/C15H18N2/c1-10-6-7-13(15-16-9-11(2)17-15)14(8-10)12-4-3-5-12/h6-9,12H,3-5H2,1-2H3,(H,16,17). The highest BCUT2D eigenvalue weighted by atomic mass is 14.9. The number of benzene rings is 1. The van der Waals surface area contributed by atoms with E-state index in [1.165, 1.54) is 36.0 Å². The lowest BCUT2D eigenvalue weighted by molar-refractivity contribution is 0.420. The molecule has 88 valence electrons. The highest BCUT2D eigenvalue weighted by Gasteiger charge is 2.23. The second-order valence-electron chi connectivity index (χ2n) is 5.13. The summed E-state index contributed by atoms with van der Waals surface area (Å²) in [4.78, 5) is 7.81. The summed E-state index contributed by atoms with van der Waals surface area (Å²) in [5.74, 6) is 1.76. The van der Waals surface area contributed by atoms with Crippen molar-refractivity contribution in [2.24, 2.45) is 0 Å². The summed E-state index contributed by atoms with van der Waals surface area (Å²) in [7, 11) is 0. The van der Waals surface area contributed by atoms with Crippen molar-refractivity contribution in [1.29, 1.82) is 0 Å². The number of imidazole rings is 1. The van der Waals surface area contributed by atoms with E-state index in [0.29, 0.717) is 0 Å². The third-order valence-corrected chi connectivity index (χ3v) is 3.71. The van der Waals surface area contributed by atoms with Crippen LogP contribution in [0.15, 0.2) is 24.4 Å². The lowest BCUT2D eigenvalue weighted by Gasteiger charge is -2.27. The van der Waals surface area contributed by atoms with Crippen molar-refractivity contribution in [3.63, 3.8) is 0 Å². The summed E-state index contributed by atoms with van der Waals surface area (Å²) >= 11 is 0. The van der Waals surface area contributed by atoms with Crippen molar-refractivity contribution < 1.29 is 0 Å². The topological polar surface area (TPSA) is 28.7 Å². The van der Waals surface area contributed by atoms with Crippen LogP contribution in [0.3, 0.4) is 0 Å². The predicted octanol–water partition coefficient (Wildman–Crippen LogP) is 3.96. The van der Waals surface area contributed by atoms with Gasteiger partial charge in [0, 0.05) is 17.5 Å². The molecule has 1 aliphatic rings. The predicted molar refractivity (Wildman–Crippen MR) is 70.1 cm³/mol. The Labute approximate surface area is 102 Å². The Balaban J connectivity index is 2.08. The molecule has 1 aliphatic carbocycles. The van der Waals surface area contributed by atoms with Gasteiger partial charge in [0.25, 0.3) is 0 Å². The van der Waals surface area contributed by atoms with Gasteiger partial charge in [-0.1, -0.05) is 30.2 Å². The number of aromatic amines is 1. The van der Waals surface area contributed by atoms with Gasteiger partial charge in [0.2, 0.25) is 0 Å². The third kappa shape index (κ3) is 1.88. The highest BCUT2D eigenvalue weighted by Crippen LogP contribution is 2.40. The van der Waals surface area contributed by atoms with Crippen molar-refractivity contribution in [2.75, 3.05) is 0 Å². The molecule has 0 unspecified atom stereocenters. The van der Waals surface area contributed by atoms with Crippen LogP contribution in [-0.2, 0) is 0 Å². The van der Waals surface area contributed by atoms with Crippen LogP contribution in [-0.4, -0.2) is 9.97 Å². The van der Waals surface area contributed by atoms with Gasteiger partial charge in [0.1, 0.15) is 5.82 Å². The maximum atomic E-state index is 4.46. The highest BCUT2D eigenvalue weighted by molar-refractivity contribution is 5.62. The van der Waals surface area contributed by atoms with Gasteiger partial charge in [0.15, 0.2) is 0 Å². The Morgan fingerprint density at radius 1 is 1.24 bits per heavy atom. The van der Waals surface area contributed by atoms with Gasteiger partial charge in [-0.15, -0.1) is 0 Å². The van der Waals surface area contributed by atoms with Crippen LogP contribution in [0.2, 0.25) is 0 Å². The van der Waals surface area contributed by atoms with Crippen LogP contribution in [0.25, 0.3) is 11.4 Å². The minimum atomic E-state index is 0.746. The fourth-order valence-electron chi connectivity index (χ4n) is 2.50. The first-order valence-corrected chi connectivity index (χ1v) is 6.36. The molecule has 1 heterocycles. The molecule has 2 aromatic rings. The number of aromatic nitrogens is 2. The summed E-state index contributed by atoms with van der Waals surface area (Å²) in [5, 5.41) is 0. The Morgan fingerprint density at radius 3 is 2.65 bits per heavy atom. The molecule has 2 heteroatoms. The summed E-state index contributed by atoms with van der Waals surface area (Å²) in [6.45, 7) is 4.22. The number of hydrogen-bond acceptors (Lipinski definition) is 1. The number of hydrogen-bond donors (Lipinski definition) is 1. The molecule has 0 radical (unpaired) electrons. The third-order valence-electron chi connectivity index (χ3n) is 3.71. The van der Waals surface area contributed by atoms with Crippen LogP contribution >= 0.6 is 0 Å². The van der Waals surface area contributed by atoms with Gasteiger partial charge < -0.3 is 4.98 Å². The molecule has 0 bridgehead atoms. The molecule has 2 nitrogen and oxygen atoms in total. The molecular weight excluding hydrogens is 208 g/mol. The van der Waals surface area contributed by atoms with Crippen molar-refractivity contribution in [2.45, 2.75) is 39.0 Å². The first-order valence-electron chi connectivity index (χ1n) is 6.36. The van der Waals surface area contributed by atoms with Crippen molar-refractivity contribution >= 4 is 0 Å². The number of nitrogens with one attached hydrogen (secondary N) is 1. The van der Waals surface area contributed by atoms with E-state index in [1.807, 2.05) is 13.1 Å². The molecular formula is C15H18N2. The number of H-pyrrole nitrogens is 1. The first-order chi connectivity index (χ1) is 8.24. The maximum absolute atomic E-state index is 4.46. The second kappa shape index (κ2) is 4.02. The van der Waals surface area contributed by atoms with E-state index in [0.717, 1.165) is 17.4 Å². The van der Waals surface area contributed by atoms with Crippen molar-refractivity contribution in [3.8, 4) is 11.4 Å². The molecule has 1 aromatic carbocycles. The molecule has 1 aromatic heterocycles. The fraction of sp³-hybridized carbons (Fsp3) is 0.400. The molecule has 0 saturated heterocycles. The van der Waals surface area contributed by atoms with Gasteiger partial charge in [-0.3, -0.25) is 0 Å². The average Bonchev–Trinajstić information content (AvgIpc) is 2.62. The summed E-state index contributed by atoms with van der Waals surface area (Å²) in [6.07, 6.45) is 5.93. The molecule has 0 atom stereocenters. The van der Waals surface area contributed by atoms with E-state index in [1.54, 1.807) is 0 Å². The summed E-state index contributed by atoms with van der Waals surface area (Å²) in [6, 6.07) is 6.72. The molecule has 3 rings (SSSR count). The Hall–Kier alpha value is -1.57. The number of aryl methyl sites for hydroxylation is 2. The average molecular weight is 226 g/mol. The van der Waals surface area contributed by atoms with E-state index in [-0.39, 0.29) is 0 Å². The fourth-order valence-corrected chi connectivity index (χ4v) is 2.50. The normalized spacial score (nSPS) is 15.9. The Morgan fingerprint density at radius 2 is 2.06 bits per heavy atom. The zero-order valence-corrected chi connectivity index (χ0v) is 10.5. The van der Waals surface area contributed by atoms with E-state index in [4.69, 9.17) is 0 Å². The van der Waals surface area contributed by atoms with Gasteiger partial charge in [-0.25, -0.2) is 4.98 Å².